The van der Waals surface area contributed by atoms with E-state index in [1.54, 1.807) is 24.0 Å². The van der Waals surface area contributed by atoms with E-state index in [2.05, 4.69) is 42.1 Å². The number of anilines is 3. The standard InChI is InChI=1S/C24H22F4N8O2.C8H14FN/c1-10-16(24(26,27)28)13(9-14(30-3)32-10)18-17(25)19-15-21(35-23(37)34-19)36(7-8-38-22(15)33-18)11(2)12-5-4-6-31-20(12)29;1-8-3-2-4-10(8)6-7(9)5-8/h4-6,9,11H,7-8H2,1-3H3,(H2,29,31)(H,30,32)(H,34,35,37);7H,2-6H2,1H3/t;7?,8-/m.0/s1. The van der Waals surface area contributed by atoms with E-state index < -0.39 is 46.7 Å². The molecule has 4 N–H and O–H groups in total. The number of halogens is 5. The number of alkyl halides is 4. The first-order chi connectivity index (χ1) is 22.7. The lowest BCUT2D eigenvalue weighted by Gasteiger charge is -2.29. The van der Waals surface area contributed by atoms with Gasteiger partial charge in [0.2, 0.25) is 5.88 Å². The third-order valence-electron chi connectivity index (χ3n) is 9.38. The second-order valence-corrected chi connectivity index (χ2v) is 12.5. The number of aryl methyl sites for hydroxylation is 1. The molecule has 0 aromatic carbocycles. The Bertz CT molecular complexity index is 1920. The van der Waals surface area contributed by atoms with Gasteiger partial charge in [0.05, 0.1) is 29.4 Å². The maximum Gasteiger partial charge on any atom is 0.418 e. The van der Waals surface area contributed by atoms with Gasteiger partial charge in [-0.05, 0) is 58.7 Å². The fourth-order valence-corrected chi connectivity index (χ4v) is 7.07. The summed E-state index contributed by atoms with van der Waals surface area (Å²) in [6.45, 7) is 7.20. The van der Waals surface area contributed by atoms with Gasteiger partial charge in [-0.25, -0.2) is 28.5 Å². The van der Waals surface area contributed by atoms with Crippen LogP contribution < -0.4 is 26.4 Å². The molecule has 0 radical (unpaired) electrons. The van der Waals surface area contributed by atoms with Crippen molar-refractivity contribution in [2.75, 3.05) is 49.2 Å². The van der Waals surface area contributed by atoms with Crippen LogP contribution in [0.25, 0.3) is 22.2 Å². The summed E-state index contributed by atoms with van der Waals surface area (Å²) >= 11 is 0. The molecule has 16 heteroatoms. The molecule has 7 rings (SSSR count). The zero-order valence-corrected chi connectivity index (χ0v) is 26.9. The summed E-state index contributed by atoms with van der Waals surface area (Å²) in [4.78, 5) is 35.2. The zero-order chi connectivity index (χ0) is 34.5. The van der Waals surface area contributed by atoms with E-state index in [9.17, 15) is 22.4 Å². The van der Waals surface area contributed by atoms with Gasteiger partial charge in [0.25, 0.3) is 0 Å². The zero-order valence-electron chi connectivity index (χ0n) is 26.9. The Morgan fingerprint density at radius 1 is 1.23 bits per heavy atom. The second-order valence-electron chi connectivity index (χ2n) is 12.5. The van der Waals surface area contributed by atoms with Gasteiger partial charge in [-0.1, -0.05) is 6.07 Å². The number of fused-ring (bicyclic) bond motifs is 1. The summed E-state index contributed by atoms with van der Waals surface area (Å²) in [6.07, 6.45) is -0.635. The van der Waals surface area contributed by atoms with Crippen LogP contribution in [0.4, 0.5) is 39.4 Å². The van der Waals surface area contributed by atoms with E-state index in [0.717, 1.165) is 19.0 Å². The Morgan fingerprint density at radius 2 is 2.00 bits per heavy atom. The molecule has 256 valence electrons. The lowest BCUT2D eigenvalue weighted by molar-refractivity contribution is -0.137. The van der Waals surface area contributed by atoms with Gasteiger partial charge < -0.3 is 25.7 Å². The molecular weight excluding hydrogens is 637 g/mol. The van der Waals surface area contributed by atoms with Gasteiger partial charge in [-0.3, -0.25) is 4.90 Å². The summed E-state index contributed by atoms with van der Waals surface area (Å²) in [5, 5.41) is 2.69. The molecule has 0 amide bonds. The van der Waals surface area contributed by atoms with Crippen LogP contribution in [0, 0.1) is 12.7 Å². The predicted octanol–water partition coefficient (Wildman–Crippen LogP) is 5.41. The predicted molar refractivity (Wildman–Crippen MR) is 171 cm³/mol. The Morgan fingerprint density at radius 3 is 2.69 bits per heavy atom. The van der Waals surface area contributed by atoms with E-state index in [-0.39, 0.29) is 58.6 Å². The average molecular weight is 674 g/mol. The summed E-state index contributed by atoms with van der Waals surface area (Å²) < 4.78 is 76.9. The molecule has 3 atom stereocenters. The fourth-order valence-electron chi connectivity index (χ4n) is 7.07. The van der Waals surface area contributed by atoms with E-state index >= 15 is 4.39 Å². The Labute approximate surface area is 272 Å². The number of nitrogens with one attached hydrogen (secondary N) is 2. The van der Waals surface area contributed by atoms with Crippen LogP contribution in [-0.4, -0.2) is 74.8 Å². The van der Waals surface area contributed by atoms with Crippen LogP contribution in [0.15, 0.2) is 29.2 Å². The molecule has 3 aliphatic heterocycles. The SMILES string of the molecule is CNc1cc(-c2nc3c4c(nc(=O)[nH]c4c2F)N(C(C)c2cccnc2N)CCO3)c(C(F)(F)F)c(C)n1.C[C@@]12CCCN1CC(F)C2. The minimum absolute atomic E-state index is 0.0193. The van der Waals surface area contributed by atoms with Crippen molar-refractivity contribution in [1.29, 1.82) is 0 Å². The lowest BCUT2D eigenvalue weighted by Crippen LogP contribution is -2.34. The van der Waals surface area contributed by atoms with Crippen molar-refractivity contribution < 1.29 is 26.7 Å². The number of nitrogens with two attached hydrogens (primary N) is 1. The number of hydrogen-bond acceptors (Lipinski definition) is 10. The van der Waals surface area contributed by atoms with Gasteiger partial charge in [-0.15, -0.1) is 0 Å². The number of ether oxygens (including phenoxy) is 1. The molecule has 2 saturated heterocycles. The van der Waals surface area contributed by atoms with Crippen LogP contribution in [-0.2, 0) is 6.18 Å². The normalized spacial score (nSPS) is 21.3. The lowest BCUT2D eigenvalue weighted by atomic mass is 9.97. The number of nitrogen functional groups attached to an aromatic ring is 1. The molecule has 2 fully saturated rings. The summed E-state index contributed by atoms with van der Waals surface area (Å²) in [5.74, 6) is -0.933. The first-order valence-corrected chi connectivity index (χ1v) is 15.6. The third kappa shape index (κ3) is 5.97. The number of aromatic nitrogens is 5. The van der Waals surface area contributed by atoms with Crippen molar-refractivity contribution in [3.8, 4) is 17.1 Å². The second kappa shape index (κ2) is 12.5. The first-order valence-electron chi connectivity index (χ1n) is 15.6. The molecule has 2 unspecified atom stereocenters. The molecule has 11 nitrogen and oxygen atoms in total. The van der Waals surface area contributed by atoms with Gasteiger partial charge in [0.1, 0.15) is 41.3 Å². The maximum absolute atomic E-state index is 16.1. The van der Waals surface area contributed by atoms with E-state index in [1.165, 1.54) is 33.0 Å². The maximum atomic E-state index is 16.1. The van der Waals surface area contributed by atoms with Crippen LogP contribution in [0.2, 0.25) is 0 Å². The molecule has 4 aromatic heterocycles. The Kier molecular flexibility index (Phi) is 8.64. The van der Waals surface area contributed by atoms with Gasteiger partial charge in [0.15, 0.2) is 5.82 Å². The van der Waals surface area contributed by atoms with E-state index in [4.69, 9.17) is 10.5 Å². The van der Waals surface area contributed by atoms with Gasteiger partial charge >= 0.3 is 11.9 Å². The number of aromatic amines is 1. The molecule has 0 bridgehead atoms. The van der Waals surface area contributed by atoms with Crippen molar-refractivity contribution in [1.82, 2.24) is 29.8 Å². The minimum Gasteiger partial charge on any atom is -0.475 e. The molecule has 4 aromatic rings. The highest BCUT2D eigenvalue weighted by atomic mass is 19.4. The fraction of sp³-hybridized carbons (Fsp3) is 0.469. The summed E-state index contributed by atoms with van der Waals surface area (Å²) in [6, 6.07) is 4.05. The van der Waals surface area contributed by atoms with Crippen LogP contribution in [0.1, 0.15) is 56.0 Å². The molecule has 0 saturated carbocycles. The van der Waals surface area contributed by atoms with Crippen LogP contribution >= 0.6 is 0 Å². The van der Waals surface area contributed by atoms with E-state index in [1.807, 2.05) is 0 Å². The summed E-state index contributed by atoms with van der Waals surface area (Å²) in [5.41, 5.74) is 2.93. The van der Waals surface area contributed by atoms with Crippen LogP contribution in [0.5, 0.6) is 5.88 Å². The van der Waals surface area contributed by atoms with Gasteiger partial charge in [0, 0.05) is 36.5 Å². The Balaban J connectivity index is 0.000000340. The number of rotatable bonds is 4. The van der Waals surface area contributed by atoms with Crippen molar-refractivity contribution in [2.24, 2.45) is 0 Å². The number of H-pyrrole nitrogens is 1. The number of nitrogens with zero attached hydrogens (tertiary/aromatic N) is 6. The molecule has 7 heterocycles. The minimum atomic E-state index is -4.86. The highest BCUT2D eigenvalue weighted by Gasteiger charge is 2.45. The van der Waals surface area contributed by atoms with Crippen molar-refractivity contribution in [3.05, 3.63) is 57.5 Å². The number of pyridine rings is 3. The van der Waals surface area contributed by atoms with E-state index in [0.29, 0.717) is 12.1 Å². The molecule has 0 spiro atoms. The number of hydrogen-bond donors (Lipinski definition) is 3. The van der Waals surface area contributed by atoms with Crippen molar-refractivity contribution >= 4 is 28.4 Å². The highest BCUT2D eigenvalue weighted by Crippen LogP contribution is 2.44. The Hall–Kier alpha value is -4.60. The van der Waals surface area contributed by atoms with Gasteiger partial charge in [-0.2, -0.15) is 18.2 Å². The topological polar surface area (TPSA) is 138 Å². The molecule has 48 heavy (non-hydrogen) atoms. The third-order valence-corrected chi connectivity index (χ3v) is 9.38. The quantitative estimate of drug-likeness (QED) is 0.241. The average Bonchev–Trinajstić information content (AvgIpc) is 3.44. The largest absolute Gasteiger partial charge is 0.475 e. The highest BCUT2D eigenvalue weighted by molar-refractivity contribution is 5.97. The molecular formula is C32H36F5N9O2. The monoisotopic (exact) mass is 673 g/mol. The van der Waals surface area contributed by atoms with Crippen molar-refractivity contribution in [3.63, 3.8) is 0 Å². The molecule has 0 aliphatic carbocycles. The molecule has 3 aliphatic rings. The first kappa shape index (κ1) is 33.3. The van der Waals surface area contributed by atoms with Crippen LogP contribution in [0.3, 0.4) is 0 Å². The summed E-state index contributed by atoms with van der Waals surface area (Å²) in [7, 11) is 1.47. The smallest absolute Gasteiger partial charge is 0.418 e. The van der Waals surface area contributed by atoms with Crippen molar-refractivity contribution in [2.45, 2.75) is 64.0 Å².